The van der Waals surface area contributed by atoms with Gasteiger partial charge in [0, 0.05) is 25.0 Å². The molecule has 0 aliphatic carbocycles. The van der Waals surface area contributed by atoms with Crippen molar-refractivity contribution in [3.05, 3.63) is 76.6 Å². The summed E-state index contributed by atoms with van der Waals surface area (Å²) in [6, 6.07) is 15.3. The van der Waals surface area contributed by atoms with E-state index in [9.17, 15) is 9.59 Å². The molecule has 2 aromatic rings. The molecule has 2 atom stereocenters. The van der Waals surface area contributed by atoms with Crippen molar-refractivity contribution < 1.29 is 9.59 Å². The summed E-state index contributed by atoms with van der Waals surface area (Å²) in [5, 5.41) is 0. The Labute approximate surface area is 194 Å². The number of hydrogen-bond donors (Lipinski definition) is 0. The Morgan fingerprint density at radius 3 is 2.36 bits per heavy atom. The van der Waals surface area contributed by atoms with Crippen LogP contribution in [0.5, 0.6) is 0 Å². The van der Waals surface area contributed by atoms with Gasteiger partial charge < -0.3 is 4.90 Å². The number of benzene rings is 2. The van der Waals surface area contributed by atoms with E-state index in [0.717, 1.165) is 22.6 Å². The summed E-state index contributed by atoms with van der Waals surface area (Å²) >= 11 is 0. The number of aliphatic imine (C=N–C) groups is 1. The molecule has 5 rings (SSSR count). The predicted molar refractivity (Wildman–Crippen MR) is 129 cm³/mol. The minimum atomic E-state index is -0.552. The largest absolute Gasteiger partial charge is 0.328 e. The van der Waals surface area contributed by atoms with E-state index < -0.39 is 12.2 Å². The van der Waals surface area contributed by atoms with Crippen LogP contribution in [0.2, 0.25) is 0 Å². The summed E-state index contributed by atoms with van der Waals surface area (Å²) in [5.41, 5.74) is 6.55. The highest BCUT2D eigenvalue weighted by Crippen LogP contribution is 2.41. The molecule has 0 saturated carbocycles. The minimum absolute atomic E-state index is 0.187. The first-order valence-electron chi connectivity index (χ1n) is 11.3. The van der Waals surface area contributed by atoms with Crippen molar-refractivity contribution >= 4 is 23.6 Å². The van der Waals surface area contributed by atoms with E-state index in [1.54, 1.807) is 11.9 Å². The highest BCUT2D eigenvalue weighted by Gasteiger charge is 2.55. The third-order valence-electron chi connectivity index (χ3n) is 7.18. The number of amides is 3. The number of carbonyl (C=O) groups excluding carboxylic acids is 2. The third-order valence-corrected chi connectivity index (χ3v) is 7.18. The molecule has 2 unspecified atom stereocenters. The van der Waals surface area contributed by atoms with Gasteiger partial charge >= 0.3 is 6.03 Å². The lowest BCUT2D eigenvalue weighted by Gasteiger charge is -2.40. The maximum absolute atomic E-state index is 13.7. The number of aryl methyl sites for hydroxylation is 1. The third kappa shape index (κ3) is 3.14. The number of guanidine groups is 1. The van der Waals surface area contributed by atoms with Gasteiger partial charge in [-0.25, -0.2) is 9.79 Å². The standard InChI is InChI=1S/C26H29N5O2/c1-16-10-9-13-21(17(16)2)30-18(3)19(4)31-22-23(27-25(30)31)28(5)26(33)29(24(22)32)15-14-20-11-7-6-8-12-20/h6-13,22-23H,14-15H2,1-5H3. The first-order chi connectivity index (χ1) is 15.8. The average Bonchev–Trinajstić information content (AvgIpc) is 3.31. The Bertz CT molecular complexity index is 1200. The van der Waals surface area contributed by atoms with Gasteiger partial charge in [-0.3, -0.25) is 19.5 Å². The van der Waals surface area contributed by atoms with Crippen molar-refractivity contribution in [1.29, 1.82) is 0 Å². The summed E-state index contributed by atoms with van der Waals surface area (Å²) in [4.78, 5) is 38.8. The predicted octanol–water partition coefficient (Wildman–Crippen LogP) is 3.88. The molecule has 33 heavy (non-hydrogen) atoms. The Kier molecular flexibility index (Phi) is 5.00. The second-order valence-corrected chi connectivity index (χ2v) is 9.00. The van der Waals surface area contributed by atoms with Crippen LogP contribution in [0.1, 0.15) is 30.5 Å². The summed E-state index contributed by atoms with van der Waals surface area (Å²) in [5.74, 6) is 0.527. The van der Waals surface area contributed by atoms with E-state index in [0.29, 0.717) is 18.9 Å². The number of allylic oxidation sites excluding steroid dienone is 2. The van der Waals surface area contributed by atoms with Gasteiger partial charge in [-0.05, 0) is 56.9 Å². The SMILES string of the molecule is CC1=C(C)N2C(=NC3C2C(=O)N(CCc2ccccc2)C(=O)N3C)N1c1cccc(C)c1C. The van der Waals surface area contributed by atoms with Crippen LogP contribution >= 0.6 is 0 Å². The molecule has 1 saturated heterocycles. The number of likely N-dealkylation sites (N-methyl/N-ethyl adjacent to an activating group) is 1. The normalized spacial score (nSPS) is 22.3. The van der Waals surface area contributed by atoms with E-state index in [4.69, 9.17) is 4.99 Å². The van der Waals surface area contributed by atoms with Gasteiger partial charge in [0.1, 0.15) is 0 Å². The highest BCUT2D eigenvalue weighted by atomic mass is 16.2. The maximum Gasteiger partial charge on any atom is 0.328 e. The number of carbonyl (C=O) groups is 2. The Morgan fingerprint density at radius 2 is 1.64 bits per heavy atom. The van der Waals surface area contributed by atoms with Gasteiger partial charge in [-0.2, -0.15) is 0 Å². The van der Waals surface area contributed by atoms with E-state index >= 15 is 0 Å². The minimum Gasteiger partial charge on any atom is -0.302 e. The Hall–Kier alpha value is -3.61. The zero-order chi connectivity index (χ0) is 23.4. The second kappa shape index (κ2) is 7.76. The van der Waals surface area contributed by atoms with Crippen molar-refractivity contribution in [2.75, 3.05) is 18.5 Å². The Morgan fingerprint density at radius 1 is 0.909 bits per heavy atom. The van der Waals surface area contributed by atoms with Crippen molar-refractivity contribution in [2.24, 2.45) is 4.99 Å². The van der Waals surface area contributed by atoms with E-state index in [1.807, 2.05) is 48.2 Å². The van der Waals surface area contributed by atoms with Crippen molar-refractivity contribution in [3.8, 4) is 0 Å². The lowest BCUT2D eigenvalue weighted by molar-refractivity contribution is -0.136. The van der Waals surface area contributed by atoms with Crippen LogP contribution in [0.15, 0.2) is 64.9 Å². The zero-order valence-corrected chi connectivity index (χ0v) is 19.7. The van der Waals surface area contributed by atoms with Crippen LogP contribution in [0, 0.1) is 13.8 Å². The summed E-state index contributed by atoms with van der Waals surface area (Å²) in [6.45, 7) is 8.62. The van der Waals surface area contributed by atoms with Crippen molar-refractivity contribution in [1.82, 2.24) is 14.7 Å². The topological polar surface area (TPSA) is 59.5 Å². The molecule has 2 aromatic carbocycles. The molecule has 0 spiro atoms. The molecule has 3 aliphatic heterocycles. The molecule has 1 fully saturated rings. The lowest BCUT2D eigenvalue weighted by atomic mass is 10.1. The van der Waals surface area contributed by atoms with Crippen LogP contribution in [-0.2, 0) is 11.2 Å². The molecule has 0 radical (unpaired) electrons. The zero-order valence-electron chi connectivity index (χ0n) is 19.7. The van der Waals surface area contributed by atoms with E-state index in [1.165, 1.54) is 16.0 Å². The molecular weight excluding hydrogens is 414 g/mol. The first kappa shape index (κ1) is 21.2. The van der Waals surface area contributed by atoms with Crippen LogP contribution in [-0.4, -0.2) is 58.4 Å². The monoisotopic (exact) mass is 443 g/mol. The number of rotatable bonds is 4. The first-order valence-corrected chi connectivity index (χ1v) is 11.3. The molecule has 3 amide bonds. The van der Waals surface area contributed by atoms with Gasteiger partial charge in [0.05, 0.1) is 5.69 Å². The van der Waals surface area contributed by atoms with Gasteiger partial charge in [-0.1, -0.05) is 42.5 Å². The smallest absolute Gasteiger partial charge is 0.302 e. The van der Waals surface area contributed by atoms with Crippen LogP contribution in [0.3, 0.4) is 0 Å². The van der Waals surface area contributed by atoms with Crippen molar-refractivity contribution in [2.45, 2.75) is 46.3 Å². The molecule has 0 N–H and O–H groups in total. The lowest BCUT2D eigenvalue weighted by Crippen LogP contribution is -2.64. The second-order valence-electron chi connectivity index (χ2n) is 9.00. The number of anilines is 1. The summed E-state index contributed by atoms with van der Waals surface area (Å²) < 4.78 is 0. The molecule has 3 heterocycles. The fraction of sp³-hybridized carbons (Fsp3) is 0.346. The molecule has 3 aliphatic rings. The highest BCUT2D eigenvalue weighted by molar-refractivity contribution is 6.10. The summed E-state index contributed by atoms with van der Waals surface area (Å²) in [7, 11) is 1.74. The molecule has 7 nitrogen and oxygen atoms in total. The van der Waals surface area contributed by atoms with Crippen LogP contribution < -0.4 is 4.90 Å². The number of fused-ring (bicyclic) bond motifs is 3. The molecule has 7 heteroatoms. The maximum atomic E-state index is 13.7. The van der Waals surface area contributed by atoms with Crippen LogP contribution in [0.25, 0.3) is 0 Å². The quantitative estimate of drug-likeness (QED) is 0.720. The molecule has 0 aromatic heterocycles. The fourth-order valence-corrected chi connectivity index (χ4v) is 4.97. The fourth-order valence-electron chi connectivity index (χ4n) is 4.97. The summed E-state index contributed by atoms with van der Waals surface area (Å²) in [6.07, 6.45) is 0.0864. The van der Waals surface area contributed by atoms with Gasteiger partial charge in [0.2, 0.25) is 5.96 Å². The molecule has 0 bridgehead atoms. The van der Waals surface area contributed by atoms with Gasteiger partial charge in [0.15, 0.2) is 12.2 Å². The van der Waals surface area contributed by atoms with Crippen molar-refractivity contribution in [3.63, 3.8) is 0 Å². The van der Waals surface area contributed by atoms with Crippen LogP contribution in [0.4, 0.5) is 10.5 Å². The Balaban J connectivity index is 1.48. The number of hydrogen-bond acceptors (Lipinski definition) is 5. The van der Waals surface area contributed by atoms with Gasteiger partial charge in [0.25, 0.3) is 5.91 Å². The number of imide groups is 1. The number of nitrogens with zero attached hydrogens (tertiary/aromatic N) is 5. The van der Waals surface area contributed by atoms with Gasteiger partial charge in [-0.15, -0.1) is 0 Å². The van der Waals surface area contributed by atoms with E-state index in [2.05, 4.69) is 37.8 Å². The van der Waals surface area contributed by atoms with E-state index in [-0.39, 0.29) is 11.9 Å². The average molecular weight is 444 g/mol. The number of urea groups is 1. The molecular formula is C26H29N5O2. The molecule has 170 valence electrons.